The van der Waals surface area contributed by atoms with Gasteiger partial charge in [-0.25, -0.2) is 9.59 Å². The predicted molar refractivity (Wildman–Crippen MR) is 75.3 cm³/mol. The Balaban J connectivity index is 4.46. The third-order valence-corrected chi connectivity index (χ3v) is 2.22. The lowest BCUT2D eigenvalue weighted by atomic mass is 10.1. The molecular weight excluding hydrogens is 262 g/mol. The number of amides is 1. The summed E-state index contributed by atoms with van der Waals surface area (Å²) >= 11 is 0. The molecule has 1 amide bonds. The van der Waals surface area contributed by atoms with E-state index in [-0.39, 0.29) is 13.2 Å². The van der Waals surface area contributed by atoms with Gasteiger partial charge in [0.05, 0.1) is 0 Å². The fraction of sp³-hybridized carbons (Fsp3) is 0.714. The van der Waals surface area contributed by atoms with Crippen LogP contribution in [0.2, 0.25) is 0 Å². The monoisotopic (exact) mass is 287 g/mol. The molecule has 0 bridgehead atoms. The Kier molecular flexibility index (Phi) is 8.63. The quantitative estimate of drug-likeness (QED) is 0.404. The average Bonchev–Trinajstić information content (AvgIpc) is 2.32. The molecule has 0 aliphatic rings. The Morgan fingerprint density at radius 2 is 2.00 bits per heavy atom. The maximum atomic E-state index is 11.8. The highest BCUT2D eigenvalue weighted by Crippen LogP contribution is 2.09. The molecule has 0 spiro atoms. The van der Waals surface area contributed by atoms with E-state index in [0.29, 0.717) is 19.3 Å². The van der Waals surface area contributed by atoms with Crippen molar-refractivity contribution in [3.8, 4) is 0 Å². The molecule has 20 heavy (non-hydrogen) atoms. The summed E-state index contributed by atoms with van der Waals surface area (Å²) in [6.07, 6.45) is 2.33. The van der Waals surface area contributed by atoms with Crippen LogP contribution in [0.4, 0.5) is 4.79 Å². The fourth-order valence-corrected chi connectivity index (χ4v) is 1.40. The van der Waals surface area contributed by atoms with Gasteiger partial charge >= 0.3 is 12.1 Å². The molecule has 1 atom stereocenters. The largest absolute Gasteiger partial charge is 0.460 e. The molecule has 6 heteroatoms. The molecule has 0 fully saturated rings. The van der Waals surface area contributed by atoms with Crippen LogP contribution in [-0.4, -0.2) is 42.0 Å². The molecular formula is C14H25NO5. The number of aliphatic hydroxyl groups is 1. The van der Waals surface area contributed by atoms with Crippen molar-refractivity contribution >= 4 is 12.1 Å². The predicted octanol–water partition coefficient (Wildman–Crippen LogP) is 1.77. The van der Waals surface area contributed by atoms with Gasteiger partial charge in [-0.05, 0) is 40.0 Å². The van der Waals surface area contributed by atoms with E-state index in [9.17, 15) is 9.59 Å². The molecule has 0 unspecified atom stereocenters. The number of alkyl carbamates (subject to hydrolysis) is 1. The number of unbranched alkanes of at least 4 members (excludes halogenated alkanes) is 1. The van der Waals surface area contributed by atoms with E-state index in [2.05, 4.69) is 11.9 Å². The second kappa shape index (κ2) is 9.36. The minimum atomic E-state index is -0.781. The number of hydrogen-bond donors (Lipinski definition) is 2. The number of rotatable bonds is 8. The molecule has 0 saturated carbocycles. The van der Waals surface area contributed by atoms with Crippen LogP contribution in [0, 0.1) is 0 Å². The van der Waals surface area contributed by atoms with E-state index in [1.54, 1.807) is 20.8 Å². The Morgan fingerprint density at radius 1 is 1.35 bits per heavy atom. The van der Waals surface area contributed by atoms with Crippen LogP contribution in [0.3, 0.4) is 0 Å². The molecule has 2 N–H and O–H groups in total. The van der Waals surface area contributed by atoms with Crippen LogP contribution < -0.4 is 5.32 Å². The first-order valence-corrected chi connectivity index (χ1v) is 6.68. The summed E-state index contributed by atoms with van der Waals surface area (Å²) in [5.74, 6) is -0.534. The molecule has 0 aromatic rings. The minimum absolute atomic E-state index is 0.0425. The van der Waals surface area contributed by atoms with Crippen molar-refractivity contribution < 1.29 is 24.2 Å². The van der Waals surface area contributed by atoms with Crippen LogP contribution in [0.1, 0.15) is 40.0 Å². The molecule has 0 aromatic heterocycles. The molecule has 0 heterocycles. The van der Waals surface area contributed by atoms with Crippen molar-refractivity contribution in [1.82, 2.24) is 5.32 Å². The van der Waals surface area contributed by atoms with Gasteiger partial charge in [0, 0.05) is 6.61 Å². The Bertz CT molecular complexity index is 322. The lowest BCUT2D eigenvalue weighted by Gasteiger charge is -2.22. The summed E-state index contributed by atoms with van der Waals surface area (Å²) in [7, 11) is 0. The fourth-order valence-electron chi connectivity index (χ4n) is 1.40. The second-order valence-corrected chi connectivity index (χ2v) is 5.34. The van der Waals surface area contributed by atoms with E-state index in [4.69, 9.17) is 14.6 Å². The zero-order valence-electron chi connectivity index (χ0n) is 12.5. The van der Waals surface area contributed by atoms with Crippen LogP contribution in [0.5, 0.6) is 0 Å². The van der Waals surface area contributed by atoms with Crippen molar-refractivity contribution in [2.75, 3.05) is 13.2 Å². The van der Waals surface area contributed by atoms with E-state index in [1.807, 2.05) is 0 Å². The van der Waals surface area contributed by atoms with Crippen molar-refractivity contribution in [3.63, 3.8) is 0 Å². The van der Waals surface area contributed by atoms with Crippen LogP contribution in [0.25, 0.3) is 0 Å². The number of aliphatic hydroxyl groups excluding tert-OH is 1. The number of hydrogen-bond acceptors (Lipinski definition) is 5. The number of esters is 1. The normalized spacial score (nSPS) is 12.4. The van der Waals surface area contributed by atoms with Gasteiger partial charge < -0.3 is 19.9 Å². The molecule has 0 aliphatic heterocycles. The Morgan fingerprint density at radius 3 is 2.50 bits per heavy atom. The zero-order valence-corrected chi connectivity index (χ0v) is 12.5. The first kappa shape index (κ1) is 18.4. The summed E-state index contributed by atoms with van der Waals surface area (Å²) in [5, 5.41) is 11.2. The summed E-state index contributed by atoms with van der Waals surface area (Å²) in [4.78, 5) is 23.5. The number of nitrogens with one attached hydrogen (secondary N) is 1. The van der Waals surface area contributed by atoms with Crippen LogP contribution in [-0.2, 0) is 14.3 Å². The minimum Gasteiger partial charge on any atom is -0.460 e. The highest BCUT2D eigenvalue weighted by Gasteiger charge is 2.24. The number of carbonyl (C=O) groups excluding carboxylic acids is 2. The van der Waals surface area contributed by atoms with Crippen molar-refractivity contribution in [3.05, 3.63) is 12.7 Å². The van der Waals surface area contributed by atoms with Crippen LogP contribution in [0.15, 0.2) is 12.7 Å². The molecule has 0 aliphatic carbocycles. The Hall–Kier alpha value is -1.56. The van der Waals surface area contributed by atoms with Gasteiger partial charge in [0.2, 0.25) is 0 Å². The van der Waals surface area contributed by atoms with Gasteiger partial charge in [0.25, 0.3) is 0 Å². The number of ether oxygens (including phenoxy) is 2. The highest BCUT2D eigenvalue weighted by molar-refractivity contribution is 5.81. The topological polar surface area (TPSA) is 84.9 Å². The molecule has 0 aromatic carbocycles. The van der Waals surface area contributed by atoms with E-state index in [1.165, 1.54) is 6.08 Å². The molecule has 0 rings (SSSR count). The zero-order chi connectivity index (χ0) is 15.6. The molecule has 116 valence electrons. The van der Waals surface area contributed by atoms with Gasteiger partial charge in [-0.2, -0.15) is 0 Å². The molecule has 6 nitrogen and oxygen atoms in total. The highest BCUT2D eigenvalue weighted by atomic mass is 16.6. The molecule has 0 saturated heterocycles. The van der Waals surface area contributed by atoms with E-state index < -0.39 is 23.7 Å². The number of carbonyl (C=O) groups is 2. The maximum Gasteiger partial charge on any atom is 0.408 e. The second-order valence-electron chi connectivity index (χ2n) is 5.34. The maximum absolute atomic E-state index is 11.8. The van der Waals surface area contributed by atoms with Crippen molar-refractivity contribution in [2.45, 2.75) is 51.7 Å². The average molecular weight is 287 g/mol. The summed E-state index contributed by atoms with van der Waals surface area (Å²) in [6.45, 7) is 8.80. The first-order valence-electron chi connectivity index (χ1n) is 6.68. The van der Waals surface area contributed by atoms with Gasteiger partial charge in [-0.1, -0.05) is 12.7 Å². The Labute approximate surface area is 120 Å². The third-order valence-electron chi connectivity index (χ3n) is 2.22. The van der Waals surface area contributed by atoms with Gasteiger partial charge in [-0.15, -0.1) is 0 Å². The lowest BCUT2D eigenvalue weighted by molar-refractivity contribution is -0.145. The van der Waals surface area contributed by atoms with E-state index >= 15 is 0 Å². The first-order chi connectivity index (χ1) is 9.30. The summed E-state index contributed by atoms with van der Waals surface area (Å²) in [5.41, 5.74) is -0.634. The summed E-state index contributed by atoms with van der Waals surface area (Å²) in [6, 6.07) is -0.781. The summed E-state index contributed by atoms with van der Waals surface area (Å²) < 4.78 is 10.0. The third kappa shape index (κ3) is 9.38. The van der Waals surface area contributed by atoms with Gasteiger partial charge in [0.1, 0.15) is 18.2 Å². The van der Waals surface area contributed by atoms with Crippen LogP contribution >= 0.6 is 0 Å². The standard InChI is InChI=1S/C14H25NO5/c1-5-10-19-12(17)11(8-6-7-9-16)15-13(18)20-14(2,3)4/h5,11,16H,1,6-10H2,2-4H3,(H,15,18)/t11-/m0/s1. The molecule has 0 radical (unpaired) electrons. The van der Waals surface area contributed by atoms with Crippen molar-refractivity contribution in [2.24, 2.45) is 0 Å². The van der Waals surface area contributed by atoms with Gasteiger partial charge in [0.15, 0.2) is 0 Å². The smallest absolute Gasteiger partial charge is 0.408 e. The van der Waals surface area contributed by atoms with Gasteiger partial charge in [-0.3, -0.25) is 0 Å². The lowest BCUT2D eigenvalue weighted by Crippen LogP contribution is -2.44. The SMILES string of the molecule is C=CCOC(=O)[C@H](CCCCO)NC(=O)OC(C)(C)C. The van der Waals surface area contributed by atoms with E-state index in [0.717, 1.165) is 0 Å². The van der Waals surface area contributed by atoms with Crippen molar-refractivity contribution in [1.29, 1.82) is 0 Å².